The van der Waals surface area contributed by atoms with Gasteiger partial charge in [-0.3, -0.25) is 19.3 Å². The fourth-order valence-electron chi connectivity index (χ4n) is 3.83. The van der Waals surface area contributed by atoms with Gasteiger partial charge in [-0.2, -0.15) is 5.10 Å². The summed E-state index contributed by atoms with van der Waals surface area (Å²) in [4.78, 5) is 41.2. The molecular formula is C17H21N7O2. The van der Waals surface area contributed by atoms with E-state index in [-0.39, 0.29) is 17.9 Å². The molecule has 0 spiro atoms. The largest absolute Gasteiger partial charge is 0.338 e. The summed E-state index contributed by atoms with van der Waals surface area (Å²) < 4.78 is 1.66. The van der Waals surface area contributed by atoms with E-state index in [4.69, 9.17) is 0 Å². The van der Waals surface area contributed by atoms with Crippen LogP contribution in [0.4, 0.5) is 0 Å². The van der Waals surface area contributed by atoms with Crippen molar-refractivity contribution in [3.05, 3.63) is 36.9 Å². The quantitative estimate of drug-likeness (QED) is 0.778. The molecule has 0 saturated carbocycles. The van der Waals surface area contributed by atoms with E-state index in [0.29, 0.717) is 44.2 Å². The maximum atomic E-state index is 12.7. The van der Waals surface area contributed by atoms with E-state index in [0.717, 1.165) is 12.8 Å². The normalized spacial score (nSPS) is 22.3. The van der Waals surface area contributed by atoms with E-state index in [9.17, 15) is 9.59 Å². The zero-order valence-electron chi connectivity index (χ0n) is 14.4. The van der Waals surface area contributed by atoms with Gasteiger partial charge in [0, 0.05) is 44.5 Å². The van der Waals surface area contributed by atoms with Gasteiger partial charge in [0.2, 0.25) is 5.91 Å². The van der Waals surface area contributed by atoms with Crippen molar-refractivity contribution in [3.63, 3.8) is 0 Å². The molecule has 2 amide bonds. The standard InChI is InChI=1S/C17H21N7O2/c25-16(3-6-23-12-19-11-21-23)24-9-13-1-2-14(24)10-22(8-13)17(26)15-7-18-4-5-20-15/h4-5,7,11-14H,1-3,6,8-10H2/t13-,14+/m0/s1. The second kappa shape index (κ2) is 7.19. The molecule has 9 heteroatoms. The van der Waals surface area contributed by atoms with Crippen LogP contribution in [0.15, 0.2) is 31.2 Å². The Balaban J connectivity index is 1.43. The Bertz CT molecular complexity index is 765. The first-order chi connectivity index (χ1) is 12.7. The molecule has 9 nitrogen and oxygen atoms in total. The van der Waals surface area contributed by atoms with Gasteiger partial charge in [0.1, 0.15) is 18.3 Å². The lowest BCUT2D eigenvalue weighted by Crippen LogP contribution is -2.48. The zero-order valence-corrected chi connectivity index (χ0v) is 14.4. The first kappa shape index (κ1) is 16.6. The van der Waals surface area contributed by atoms with Crippen molar-refractivity contribution in [2.45, 2.75) is 31.8 Å². The van der Waals surface area contributed by atoms with Crippen LogP contribution in [0, 0.1) is 5.92 Å². The maximum Gasteiger partial charge on any atom is 0.274 e. The molecule has 0 N–H and O–H groups in total. The molecule has 3 fully saturated rings. The van der Waals surface area contributed by atoms with Gasteiger partial charge in [-0.25, -0.2) is 9.97 Å². The number of piperidine rings is 1. The summed E-state index contributed by atoms with van der Waals surface area (Å²) in [6, 6.07) is 0.0672. The van der Waals surface area contributed by atoms with E-state index in [1.807, 2.05) is 9.80 Å². The number of carbonyl (C=O) groups excluding carboxylic acids is 2. The molecule has 2 bridgehead atoms. The highest BCUT2D eigenvalue weighted by molar-refractivity contribution is 5.92. The summed E-state index contributed by atoms with van der Waals surface area (Å²) >= 11 is 0. The molecule has 3 aliphatic rings. The molecule has 26 heavy (non-hydrogen) atoms. The van der Waals surface area contributed by atoms with E-state index < -0.39 is 0 Å². The van der Waals surface area contributed by atoms with Crippen LogP contribution in [-0.4, -0.2) is 72.0 Å². The van der Waals surface area contributed by atoms with E-state index >= 15 is 0 Å². The molecular weight excluding hydrogens is 334 g/mol. The fourth-order valence-corrected chi connectivity index (χ4v) is 3.83. The molecule has 3 saturated heterocycles. The number of aromatic nitrogens is 5. The highest BCUT2D eigenvalue weighted by Gasteiger charge is 2.38. The Morgan fingerprint density at radius 1 is 1.12 bits per heavy atom. The number of carbonyl (C=O) groups is 2. The number of fused-ring (bicyclic) bond motifs is 4. The van der Waals surface area contributed by atoms with Crippen molar-refractivity contribution in [1.82, 2.24) is 34.5 Å². The van der Waals surface area contributed by atoms with Crippen molar-refractivity contribution in [2.75, 3.05) is 19.6 Å². The lowest BCUT2D eigenvalue weighted by molar-refractivity contribution is -0.135. The van der Waals surface area contributed by atoms with Crippen LogP contribution in [0.3, 0.4) is 0 Å². The van der Waals surface area contributed by atoms with Gasteiger partial charge < -0.3 is 9.80 Å². The predicted molar refractivity (Wildman–Crippen MR) is 90.8 cm³/mol. The number of rotatable bonds is 4. The smallest absolute Gasteiger partial charge is 0.274 e. The number of amides is 2. The van der Waals surface area contributed by atoms with Crippen molar-refractivity contribution >= 4 is 11.8 Å². The van der Waals surface area contributed by atoms with E-state index in [2.05, 4.69) is 20.1 Å². The van der Waals surface area contributed by atoms with E-state index in [1.54, 1.807) is 17.2 Å². The van der Waals surface area contributed by atoms with Crippen molar-refractivity contribution in [3.8, 4) is 0 Å². The van der Waals surface area contributed by atoms with E-state index in [1.165, 1.54) is 18.7 Å². The van der Waals surface area contributed by atoms with Crippen molar-refractivity contribution in [1.29, 1.82) is 0 Å². The summed E-state index contributed by atoms with van der Waals surface area (Å²) in [5.74, 6) is 0.320. The third-order valence-corrected chi connectivity index (χ3v) is 5.12. The second-order valence-corrected chi connectivity index (χ2v) is 6.85. The molecule has 0 radical (unpaired) electrons. The van der Waals surface area contributed by atoms with Crippen LogP contribution in [-0.2, 0) is 11.3 Å². The molecule has 2 aromatic heterocycles. The van der Waals surface area contributed by atoms with Crippen LogP contribution in [0.5, 0.6) is 0 Å². The molecule has 5 rings (SSSR count). The highest BCUT2D eigenvalue weighted by Crippen LogP contribution is 2.29. The Hall–Kier alpha value is -2.84. The van der Waals surface area contributed by atoms with Gasteiger partial charge >= 0.3 is 0 Å². The van der Waals surface area contributed by atoms with Crippen LogP contribution in [0.1, 0.15) is 29.8 Å². The lowest BCUT2D eigenvalue weighted by atomic mass is 9.94. The predicted octanol–water partition coefficient (Wildman–Crippen LogP) is 0.221. The van der Waals surface area contributed by atoms with Gasteiger partial charge in [-0.15, -0.1) is 0 Å². The fraction of sp³-hybridized carbons (Fsp3) is 0.529. The minimum atomic E-state index is -0.105. The highest BCUT2D eigenvalue weighted by atomic mass is 16.2. The first-order valence-corrected chi connectivity index (χ1v) is 8.88. The van der Waals surface area contributed by atoms with Crippen LogP contribution < -0.4 is 0 Å². The number of nitrogens with zero attached hydrogens (tertiary/aromatic N) is 7. The molecule has 3 aliphatic heterocycles. The molecule has 0 unspecified atom stereocenters. The van der Waals surface area contributed by atoms with Gasteiger partial charge in [-0.05, 0) is 18.8 Å². The number of hydrogen-bond acceptors (Lipinski definition) is 6. The van der Waals surface area contributed by atoms with Crippen LogP contribution >= 0.6 is 0 Å². The van der Waals surface area contributed by atoms with Crippen LogP contribution in [0.2, 0.25) is 0 Å². The zero-order chi connectivity index (χ0) is 17.9. The first-order valence-electron chi connectivity index (χ1n) is 8.88. The minimum absolute atomic E-state index is 0.0672. The third kappa shape index (κ3) is 3.42. The molecule has 0 aliphatic carbocycles. The van der Waals surface area contributed by atoms with Crippen LogP contribution in [0.25, 0.3) is 0 Å². The molecule has 0 aromatic carbocycles. The van der Waals surface area contributed by atoms with Gasteiger partial charge in [0.15, 0.2) is 0 Å². The number of aryl methyl sites for hydroxylation is 1. The Morgan fingerprint density at radius 3 is 2.81 bits per heavy atom. The minimum Gasteiger partial charge on any atom is -0.338 e. The SMILES string of the molecule is O=C(c1cnccn1)N1C[C@@H]2CC[C@H](C1)N(C(=O)CCn1cncn1)C2. The monoisotopic (exact) mass is 355 g/mol. The summed E-state index contributed by atoms with van der Waals surface area (Å²) in [7, 11) is 0. The molecule has 2 aromatic rings. The lowest BCUT2D eigenvalue weighted by Gasteiger charge is -2.36. The summed E-state index contributed by atoms with van der Waals surface area (Å²) in [5.41, 5.74) is 0.359. The average molecular weight is 355 g/mol. The van der Waals surface area contributed by atoms with Crippen molar-refractivity contribution < 1.29 is 9.59 Å². The van der Waals surface area contributed by atoms with Gasteiger partial charge in [-0.1, -0.05) is 0 Å². The topological polar surface area (TPSA) is 97.1 Å². The summed E-state index contributed by atoms with van der Waals surface area (Å²) in [6.07, 6.45) is 10.0. The van der Waals surface area contributed by atoms with Crippen molar-refractivity contribution in [2.24, 2.45) is 5.92 Å². The number of hydrogen-bond donors (Lipinski definition) is 0. The average Bonchev–Trinajstić information content (AvgIpc) is 3.04. The second-order valence-electron chi connectivity index (χ2n) is 6.85. The maximum absolute atomic E-state index is 12.7. The van der Waals surface area contributed by atoms with Gasteiger partial charge in [0.25, 0.3) is 5.91 Å². The molecule has 136 valence electrons. The molecule has 2 atom stereocenters. The summed E-state index contributed by atoms with van der Waals surface area (Å²) in [6.45, 7) is 2.46. The Morgan fingerprint density at radius 2 is 2.04 bits per heavy atom. The third-order valence-electron chi connectivity index (χ3n) is 5.12. The summed E-state index contributed by atoms with van der Waals surface area (Å²) in [5, 5.41) is 4.04. The Kier molecular flexibility index (Phi) is 4.59. The Labute approximate surface area is 151 Å². The van der Waals surface area contributed by atoms with Gasteiger partial charge in [0.05, 0.1) is 12.7 Å². The molecule has 5 heterocycles.